The van der Waals surface area contributed by atoms with Crippen LogP contribution in [0.2, 0.25) is 0 Å². The minimum atomic E-state index is -1.77. The Balaban J connectivity index is 2.13. The minimum absolute atomic E-state index is 0.0246. The van der Waals surface area contributed by atoms with Crippen molar-refractivity contribution < 1.29 is 14.2 Å². The number of anilines is 2. The predicted octanol–water partition coefficient (Wildman–Crippen LogP) is 2.99. The number of rotatable bonds is 6. The van der Waals surface area contributed by atoms with Crippen LogP contribution in [-0.4, -0.2) is 47.0 Å². The van der Waals surface area contributed by atoms with Gasteiger partial charge in [-0.3, -0.25) is 9.14 Å². The van der Waals surface area contributed by atoms with Gasteiger partial charge in [0.2, 0.25) is 11.7 Å². The lowest BCUT2D eigenvalue weighted by molar-refractivity contribution is 0.305. The molecule has 0 aliphatic carbocycles. The van der Waals surface area contributed by atoms with Crippen molar-refractivity contribution in [3.8, 4) is 0 Å². The van der Waals surface area contributed by atoms with Gasteiger partial charge in [-0.1, -0.05) is 14.8 Å². The predicted molar refractivity (Wildman–Crippen MR) is 98.1 cm³/mol. The average Bonchev–Trinajstić information content (AvgIpc) is 3.04. The van der Waals surface area contributed by atoms with Gasteiger partial charge in [0, 0.05) is 31.3 Å². The summed E-state index contributed by atoms with van der Waals surface area (Å²) in [6.45, 7) is 0.425. The van der Waals surface area contributed by atoms with Crippen LogP contribution in [0, 0.1) is 10.6 Å². The van der Waals surface area contributed by atoms with Crippen LogP contribution in [-0.2, 0) is 9.62 Å². The highest BCUT2D eigenvalue weighted by molar-refractivity contribution is 9.10. The first-order chi connectivity index (χ1) is 11.9. The zero-order valence-electron chi connectivity index (χ0n) is 13.5. The Morgan fingerprint density at radius 3 is 2.88 bits per heavy atom. The maximum atomic E-state index is 13.3. The summed E-state index contributed by atoms with van der Waals surface area (Å²) in [7, 11) is -0.153. The van der Waals surface area contributed by atoms with Crippen molar-refractivity contribution in [2.45, 2.75) is 0 Å². The quantitative estimate of drug-likeness (QED) is 0.239. The van der Waals surface area contributed by atoms with Gasteiger partial charge in [0.05, 0.1) is 4.47 Å². The third kappa shape index (κ3) is 5.13. The maximum absolute atomic E-state index is 13.3. The van der Waals surface area contributed by atoms with Crippen molar-refractivity contribution in [2.75, 3.05) is 36.2 Å². The number of nitrogens with one attached hydrogen (secondary N) is 3. The molecule has 0 bridgehead atoms. The van der Waals surface area contributed by atoms with Gasteiger partial charge in [-0.05, 0) is 44.4 Å². The smallest absolute Gasteiger partial charge is 0.203 e. The Kier molecular flexibility index (Phi) is 6.31. The molecule has 0 saturated heterocycles. The van der Waals surface area contributed by atoms with Gasteiger partial charge in [0.25, 0.3) is 0 Å². The highest BCUT2D eigenvalue weighted by Crippen LogP contribution is 2.21. The lowest BCUT2D eigenvalue weighted by Gasteiger charge is -2.09. The fourth-order valence-electron chi connectivity index (χ4n) is 1.76. The van der Waals surface area contributed by atoms with E-state index in [1.165, 1.54) is 18.2 Å². The zero-order valence-corrected chi connectivity index (χ0v) is 15.9. The van der Waals surface area contributed by atoms with Crippen molar-refractivity contribution in [1.82, 2.24) is 10.3 Å². The lowest BCUT2D eigenvalue weighted by Crippen LogP contribution is -2.19. The van der Waals surface area contributed by atoms with Crippen LogP contribution in [0.15, 0.2) is 36.8 Å². The van der Waals surface area contributed by atoms with Crippen LogP contribution in [0.4, 0.5) is 15.9 Å². The first-order valence-electron chi connectivity index (χ1n) is 6.99. The first-order valence-corrected chi connectivity index (χ1v) is 9.95. The average molecular weight is 434 g/mol. The van der Waals surface area contributed by atoms with E-state index in [4.69, 9.17) is 9.41 Å². The second-order valence-corrected chi connectivity index (χ2v) is 8.73. The van der Waals surface area contributed by atoms with Crippen molar-refractivity contribution >= 4 is 42.9 Å². The summed E-state index contributed by atoms with van der Waals surface area (Å²) in [4.78, 5) is 0. The van der Waals surface area contributed by atoms with Crippen molar-refractivity contribution in [3.05, 3.63) is 34.2 Å². The van der Waals surface area contributed by atoms with E-state index in [-0.39, 0.29) is 21.8 Å². The van der Waals surface area contributed by atoms with Gasteiger partial charge in [-0.15, -0.1) is 0 Å². The van der Waals surface area contributed by atoms with E-state index >= 15 is 0 Å². The Morgan fingerprint density at radius 1 is 1.48 bits per heavy atom. The van der Waals surface area contributed by atoms with Crippen molar-refractivity contribution in [3.63, 3.8) is 0 Å². The minimum Gasteiger partial charge on any atom is -0.409 e. The Labute approximate surface area is 152 Å². The van der Waals surface area contributed by atoms with Crippen LogP contribution in [0.1, 0.15) is 5.69 Å². The molecule has 9 nitrogen and oxygen atoms in total. The van der Waals surface area contributed by atoms with E-state index in [2.05, 4.69) is 46.4 Å². The molecule has 1 aromatic carbocycles. The highest BCUT2D eigenvalue weighted by Gasteiger charge is 2.18. The molecule has 136 valence electrons. The van der Waals surface area contributed by atoms with Gasteiger partial charge in [-0.25, -0.2) is 9.02 Å². The van der Waals surface area contributed by atoms with Crippen LogP contribution in [0.3, 0.4) is 0 Å². The van der Waals surface area contributed by atoms with Gasteiger partial charge in [0.1, 0.15) is 5.82 Å². The molecule has 25 heavy (non-hydrogen) atoms. The molecule has 4 N–H and O–H groups in total. The maximum Gasteiger partial charge on any atom is 0.203 e. The zero-order chi connectivity index (χ0) is 18.4. The third-order valence-electron chi connectivity index (χ3n) is 3.19. The summed E-state index contributed by atoms with van der Waals surface area (Å²) < 4.78 is 30.2. The van der Waals surface area contributed by atoms with Gasteiger partial charge < -0.3 is 15.8 Å². The third-order valence-corrected chi connectivity index (χ3v) is 5.60. The SMILES string of the molecule is CN=S(C)(=N)CCNc1nonc1/C(=N/O)Nc1ccc(F)c(Br)c1. The van der Waals surface area contributed by atoms with E-state index in [9.17, 15) is 9.60 Å². The molecule has 0 aliphatic rings. The first kappa shape index (κ1) is 19.1. The number of amidine groups is 1. The van der Waals surface area contributed by atoms with E-state index in [1.807, 2.05) is 0 Å². The number of oxime groups is 1. The number of aromatic nitrogens is 2. The molecule has 12 heteroatoms. The summed E-state index contributed by atoms with van der Waals surface area (Å²) in [6.07, 6.45) is 1.77. The molecule has 1 heterocycles. The number of nitrogens with zero attached hydrogens (tertiary/aromatic N) is 4. The molecule has 0 radical (unpaired) electrons. The molecule has 0 saturated carbocycles. The molecule has 2 aromatic rings. The fraction of sp³-hybridized carbons (Fsp3) is 0.308. The van der Waals surface area contributed by atoms with Crippen LogP contribution in [0.25, 0.3) is 0 Å². The normalized spacial score (nSPS) is 14.0. The molecule has 0 fully saturated rings. The largest absolute Gasteiger partial charge is 0.409 e. The standard InChI is InChI=1S/C13H17BrFN7O2S/c1-17-25(2,16)6-5-18-12-11(21-24-22-12)13(20-23)19-8-3-4-10(15)9(14)7-8/h3-4,7,16,23H,5-6H2,1-2H3,(H,18,22)(H,19,20). The van der Waals surface area contributed by atoms with E-state index in [0.29, 0.717) is 18.0 Å². The lowest BCUT2D eigenvalue weighted by atomic mass is 10.3. The molecule has 1 atom stereocenters. The van der Waals surface area contributed by atoms with Gasteiger partial charge in [0.15, 0.2) is 5.69 Å². The second-order valence-electron chi connectivity index (χ2n) is 5.02. The molecule has 0 aliphatic heterocycles. The van der Waals surface area contributed by atoms with Gasteiger partial charge in [-0.2, -0.15) is 0 Å². The molecular weight excluding hydrogens is 417 g/mol. The van der Waals surface area contributed by atoms with Crippen LogP contribution in [0.5, 0.6) is 0 Å². The number of benzene rings is 1. The van der Waals surface area contributed by atoms with E-state index in [0.717, 1.165) is 0 Å². The topological polar surface area (TPSA) is 132 Å². The molecule has 2 rings (SSSR count). The Morgan fingerprint density at radius 2 is 2.24 bits per heavy atom. The van der Waals surface area contributed by atoms with Crippen LogP contribution >= 0.6 is 15.9 Å². The second kappa shape index (κ2) is 8.25. The monoisotopic (exact) mass is 433 g/mol. The summed E-state index contributed by atoms with van der Waals surface area (Å²) in [5.41, 5.74) is 0.626. The molecule has 0 spiro atoms. The van der Waals surface area contributed by atoms with Crippen molar-refractivity contribution in [2.24, 2.45) is 9.52 Å². The van der Waals surface area contributed by atoms with Crippen LogP contribution < -0.4 is 10.6 Å². The van der Waals surface area contributed by atoms with Crippen molar-refractivity contribution in [1.29, 1.82) is 4.78 Å². The Hall–Kier alpha value is -2.21. The summed E-state index contributed by atoms with van der Waals surface area (Å²) in [6, 6.07) is 4.22. The fourth-order valence-corrected chi connectivity index (χ4v) is 2.82. The number of halogens is 2. The molecule has 1 unspecified atom stereocenters. The summed E-state index contributed by atoms with van der Waals surface area (Å²) in [5, 5.41) is 25.6. The van der Waals surface area contributed by atoms with Gasteiger partial charge >= 0.3 is 0 Å². The van der Waals surface area contributed by atoms with E-state index < -0.39 is 15.4 Å². The Bertz CT molecular complexity index is 892. The number of hydrogen-bond acceptors (Lipinski definition) is 8. The molecular formula is C13H17BrFN7O2S. The van der Waals surface area contributed by atoms with E-state index in [1.54, 1.807) is 13.3 Å². The summed E-state index contributed by atoms with van der Waals surface area (Å²) in [5.74, 6) is 0.330. The summed E-state index contributed by atoms with van der Waals surface area (Å²) >= 11 is 3.08. The molecule has 0 amide bonds. The molecule has 1 aromatic heterocycles. The highest BCUT2D eigenvalue weighted by atomic mass is 79.9. The number of hydrogen-bond donors (Lipinski definition) is 4.